The van der Waals surface area contributed by atoms with Gasteiger partial charge in [0.05, 0.1) is 0 Å². The topological polar surface area (TPSA) is 41.1 Å². The molecule has 0 aliphatic carbocycles. The van der Waals surface area contributed by atoms with Gasteiger partial charge in [0.2, 0.25) is 0 Å². The molecule has 22 heavy (non-hydrogen) atoms. The molecule has 0 spiro atoms. The van der Waals surface area contributed by atoms with Crippen LogP contribution < -0.4 is 10.6 Å². The third kappa shape index (κ3) is 5.38. The van der Waals surface area contributed by atoms with Crippen LogP contribution in [0.4, 0.5) is 0 Å². The van der Waals surface area contributed by atoms with Crippen LogP contribution in [0.1, 0.15) is 22.8 Å². The molecule has 1 atom stereocenters. The van der Waals surface area contributed by atoms with Crippen LogP contribution in [0.25, 0.3) is 0 Å². The van der Waals surface area contributed by atoms with Crippen LogP contribution >= 0.6 is 34.8 Å². The summed E-state index contributed by atoms with van der Waals surface area (Å²) in [6.45, 7) is 2.04. The molecule has 2 aromatic rings. The van der Waals surface area contributed by atoms with Gasteiger partial charge in [-0.1, -0.05) is 36.4 Å². The summed E-state index contributed by atoms with van der Waals surface area (Å²) in [6, 6.07) is 17.7. The smallest absolute Gasteiger partial charge is 0.257 e. The summed E-state index contributed by atoms with van der Waals surface area (Å²) < 4.78 is 1.02. The maximum atomic E-state index is 12.1. The lowest BCUT2D eigenvalue weighted by atomic mass is 10.1. The summed E-state index contributed by atoms with van der Waals surface area (Å²) in [5, 5.41) is 6.21. The van der Waals surface area contributed by atoms with E-state index in [2.05, 4.69) is 45.4 Å². The number of rotatable bonds is 4. The highest BCUT2D eigenvalue weighted by atomic mass is 127. The maximum Gasteiger partial charge on any atom is 0.257 e. The van der Waals surface area contributed by atoms with Crippen LogP contribution in [0.2, 0.25) is 0 Å². The highest BCUT2D eigenvalue weighted by Gasteiger charge is 2.10. The number of thiocarbonyl (C=S) groups is 1. The fraction of sp³-hybridized carbons (Fsp3) is 0.176. The lowest BCUT2D eigenvalue weighted by Gasteiger charge is -2.16. The second-order valence-electron chi connectivity index (χ2n) is 5.03. The first kappa shape index (κ1) is 16.9. The molecule has 0 saturated carbocycles. The van der Waals surface area contributed by atoms with Gasteiger partial charge in [0.15, 0.2) is 5.11 Å². The predicted octanol–water partition coefficient (Wildman–Crippen LogP) is 3.53. The number of carbonyl (C=O) groups excluding carboxylic acids is 1. The van der Waals surface area contributed by atoms with Crippen LogP contribution in [-0.4, -0.2) is 17.1 Å². The molecule has 0 saturated heterocycles. The molecule has 114 valence electrons. The van der Waals surface area contributed by atoms with Crippen molar-refractivity contribution in [2.75, 3.05) is 0 Å². The van der Waals surface area contributed by atoms with Gasteiger partial charge in [-0.2, -0.15) is 0 Å². The van der Waals surface area contributed by atoms with Crippen molar-refractivity contribution in [1.82, 2.24) is 10.6 Å². The lowest BCUT2D eigenvalue weighted by molar-refractivity contribution is 0.0976. The number of amides is 1. The van der Waals surface area contributed by atoms with E-state index < -0.39 is 0 Å². The van der Waals surface area contributed by atoms with E-state index in [9.17, 15) is 4.79 Å². The van der Waals surface area contributed by atoms with Gasteiger partial charge >= 0.3 is 0 Å². The second-order valence-corrected chi connectivity index (χ2v) is 6.68. The Morgan fingerprint density at radius 3 is 2.59 bits per heavy atom. The first-order valence-corrected chi connectivity index (χ1v) is 8.44. The van der Waals surface area contributed by atoms with Crippen molar-refractivity contribution in [3.63, 3.8) is 0 Å². The van der Waals surface area contributed by atoms with Crippen molar-refractivity contribution < 1.29 is 4.79 Å². The Kier molecular flexibility index (Phi) is 6.33. The Morgan fingerprint density at radius 2 is 1.91 bits per heavy atom. The Balaban J connectivity index is 1.86. The summed E-state index contributed by atoms with van der Waals surface area (Å²) in [6.07, 6.45) is 0.847. The zero-order valence-corrected chi connectivity index (χ0v) is 15.1. The number of hydrogen-bond donors (Lipinski definition) is 2. The molecular weight excluding hydrogens is 407 g/mol. The van der Waals surface area contributed by atoms with Gasteiger partial charge in [-0.25, -0.2) is 0 Å². The minimum atomic E-state index is -0.192. The molecule has 0 fully saturated rings. The van der Waals surface area contributed by atoms with Gasteiger partial charge < -0.3 is 5.32 Å². The zero-order valence-electron chi connectivity index (χ0n) is 12.2. The van der Waals surface area contributed by atoms with Gasteiger partial charge in [0, 0.05) is 15.2 Å². The van der Waals surface area contributed by atoms with E-state index in [1.54, 1.807) is 6.07 Å². The van der Waals surface area contributed by atoms with Gasteiger partial charge in [-0.05, 0) is 71.9 Å². The molecule has 0 heterocycles. The summed E-state index contributed by atoms with van der Waals surface area (Å²) in [5.41, 5.74) is 1.83. The zero-order chi connectivity index (χ0) is 15.9. The Bertz CT molecular complexity index is 661. The molecule has 5 heteroatoms. The van der Waals surface area contributed by atoms with E-state index in [-0.39, 0.29) is 11.9 Å². The molecule has 0 aliphatic rings. The van der Waals surface area contributed by atoms with E-state index in [1.807, 2.05) is 43.3 Å². The van der Waals surface area contributed by atoms with Crippen molar-refractivity contribution in [1.29, 1.82) is 0 Å². The third-order valence-electron chi connectivity index (χ3n) is 3.08. The van der Waals surface area contributed by atoms with Gasteiger partial charge in [-0.3, -0.25) is 10.1 Å². The molecule has 0 aromatic heterocycles. The summed E-state index contributed by atoms with van der Waals surface area (Å²) in [7, 11) is 0. The van der Waals surface area contributed by atoms with Gasteiger partial charge in [0.1, 0.15) is 0 Å². The maximum absolute atomic E-state index is 12.1. The molecule has 1 unspecified atom stereocenters. The molecule has 0 bridgehead atoms. The molecule has 1 amide bonds. The predicted molar refractivity (Wildman–Crippen MR) is 102 cm³/mol. The first-order chi connectivity index (χ1) is 10.5. The average Bonchev–Trinajstić information content (AvgIpc) is 2.47. The van der Waals surface area contributed by atoms with E-state index in [0.29, 0.717) is 10.7 Å². The number of carbonyl (C=O) groups is 1. The molecule has 0 radical (unpaired) electrons. The minimum Gasteiger partial charge on any atom is -0.360 e. The van der Waals surface area contributed by atoms with Crippen molar-refractivity contribution in [2.24, 2.45) is 0 Å². The van der Waals surface area contributed by atoms with Gasteiger partial charge in [0.25, 0.3) is 5.91 Å². The minimum absolute atomic E-state index is 0.145. The number of benzene rings is 2. The largest absolute Gasteiger partial charge is 0.360 e. The monoisotopic (exact) mass is 424 g/mol. The number of hydrogen-bond acceptors (Lipinski definition) is 2. The van der Waals surface area contributed by atoms with Crippen LogP contribution in [0.3, 0.4) is 0 Å². The number of halogens is 1. The van der Waals surface area contributed by atoms with Gasteiger partial charge in [-0.15, -0.1) is 0 Å². The molecule has 2 N–H and O–H groups in total. The van der Waals surface area contributed by atoms with Crippen LogP contribution in [0.15, 0.2) is 54.6 Å². The van der Waals surface area contributed by atoms with Crippen molar-refractivity contribution in [2.45, 2.75) is 19.4 Å². The fourth-order valence-electron chi connectivity index (χ4n) is 2.08. The highest BCUT2D eigenvalue weighted by Crippen LogP contribution is 2.07. The molecular formula is C17H17IN2OS. The normalized spacial score (nSPS) is 11.5. The quantitative estimate of drug-likeness (QED) is 0.583. The molecule has 2 rings (SSSR count). The van der Waals surface area contributed by atoms with Crippen molar-refractivity contribution >= 4 is 45.8 Å². The van der Waals surface area contributed by atoms with Crippen LogP contribution in [0, 0.1) is 3.57 Å². The van der Waals surface area contributed by atoms with Crippen molar-refractivity contribution in [3.8, 4) is 0 Å². The van der Waals surface area contributed by atoms with E-state index in [1.165, 1.54) is 5.56 Å². The Hall–Kier alpha value is -1.47. The lowest BCUT2D eigenvalue weighted by Crippen LogP contribution is -2.44. The van der Waals surface area contributed by atoms with Crippen molar-refractivity contribution in [3.05, 3.63) is 69.3 Å². The third-order valence-corrected chi connectivity index (χ3v) is 3.97. The SMILES string of the molecule is CC(Cc1ccccc1)NC(=S)NC(=O)c1cccc(I)c1. The van der Waals surface area contributed by atoms with E-state index in [4.69, 9.17) is 12.2 Å². The Morgan fingerprint density at radius 1 is 1.18 bits per heavy atom. The van der Waals surface area contributed by atoms with Crippen LogP contribution in [-0.2, 0) is 6.42 Å². The van der Waals surface area contributed by atoms with E-state index >= 15 is 0 Å². The highest BCUT2D eigenvalue weighted by molar-refractivity contribution is 14.1. The first-order valence-electron chi connectivity index (χ1n) is 6.96. The summed E-state index contributed by atoms with van der Waals surface area (Å²) in [5.74, 6) is -0.192. The van der Waals surface area contributed by atoms with E-state index in [0.717, 1.165) is 9.99 Å². The molecule has 3 nitrogen and oxygen atoms in total. The molecule has 2 aromatic carbocycles. The van der Waals surface area contributed by atoms with Crippen LogP contribution in [0.5, 0.6) is 0 Å². The fourth-order valence-corrected chi connectivity index (χ4v) is 2.92. The standard InChI is InChI=1S/C17H17IN2OS/c1-12(10-13-6-3-2-4-7-13)19-17(22)20-16(21)14-8-5-9-15(18)11-14/h2-9,11-12H,10H2,1H3,(H2,19,20,21,22). The summed E-state index contributed by atoms with van der Waals surface area (Å²) in [4.78, 5) is 12.1. The Labute approximate surface area is 149 Å². The number of nitrogens with one attached hydrogen (secondary N) is 2. The summed E-state index contributed by atoms with van der Waals surface area (Å²) >= 11 is 7.39. The average molecular weight is 424 g/mol. The molecule has 0 aliphatic heterocycles. The second kappa shape index (κ2) is 8.24.